The first-order chi connectivity index (χ1) is 12.8. The highest BCUT2D eigenvalue weighted by molar-refractivity contribution is 7.13. The zero-order valence-corrected chi connectivity index (χ0v) is 15.8. The van der Waals surface area contributed by atoms with Crippen molar-refractivity contribution < 1.29 is 0 Å². The summed E-state index contributed by atoms with van der Waals surface area (Å²) in [5.74, 6) is 2.72. The summed E-state index contributed by atoms with van der Waals surface area (Å²) in [6, 6.07) is 0.703. The number of anilines is 1. The van der Waals surface area contributed by atoms with E-state index in [1.807, 2.05) is 12.3 Å². The molecule has 4 heterocycles. The van der Waals surface area contributed by atoms with Gasteiger partial charge in [0.1, 0.15) is 12.0 Å². The highest BCUT2D eigenvalue weighted by atomic mass is 32.1. The fraction of sp³-hybridized carbons (Fsp3) is 0.500. The first-order valence-corrected chi connectivity index (χ1v) is 10.1. The number of aryl methyl sites for hydroxylation is 1. The largest absolute Gasteiger partial charge is 0.341 e. The van der Waals surface area contributed by atoms with Crippen LogP contribution in [0, 0.1) is 6.92 Å². The highest BCUT2D eigenvalue weighted by Crippen LogP contribution is 2.44. The van der Waals surface area contributed by atoms with Crippen LogP contribution in [0.3, 0.4) is 0 Å². The average Bonchev–Trinajstić information content (AvgIpc) is 3.41. The monoisotopic (exact) mass is 367 g/mol. The lowest BCUT2D eigenvalue weighted by molar-refractivity contribution is 0.468. The second kappa shape index (κ2) is 6.12. The maximum atomic E-state index is 5.01. The van der Waals surface area contributed by atoms with Crippen LogP contribution in [0.25, 0.3) is 16.5 Å². The summed E-state index contributed by atoms with van der Waals surface area (Å²) < 4.78 is 2.08. The van der Waals surface area contributed by atoms with Crippen molar-refractivity contribution in [3.63, 3.8) is 0 Å². The fourth-order valence-corrected chi connectivity index (χ4v) is 4.92. The third kappa shape index (κ3) is 2.28. The number of thiazole rings is 1. The van der Waals surface area contributed by atoms with Crippen LogP contribution in [-0.4, -0.2) is 35.8 Å². The van der Waals surface area contributed by atoms with E-state index in [0.717, 1.165) is 34.5 Å². The molecule has 1 aliphatic carbocycles. The number of hydrogen-bond donors (Lipinski definition) is 0. The minimum atomic E-state index is 0.201. The maximum Gasteiger partial charge on any atom is 0.191 e. The molecule has 1 saturated carbocycles. The summed E-state index contributed by atoms with van der Waals surface area (Å²) in [7, 11) is 0. The molecule has 8 heteroatoms. The topological polar surface area (TPSA) is 72.6 Å². The van der Waals surface area contributed by atoms with Crippen molar-refractivity contribution in [3.05, 3.63) is 29.4 Å². The van der Waals surface area contributed by atoms with Gasteiger partial charge in [0.2, 0.25) is 0 Å². The molecule has 1 fully saturated rings. The second-order valence-electron chi connectivity index (χ2n) is 6.97. The lowest BCUT2D eigenvalue weighted by Crippen LogP contribution is -2.42. The highest BCUT2D eigenvalue weighted by Gasteiger charge is 2.39. The summed E-state index contributed by atoms with van der Waals surface area (Å²) >= 11 is 1.58. The molecule has 7 nitrogen and oxygen atoms in total. The molecule has 26 heavy (non-hydrogen) atoms. The minimum Gasteiger partial charge on any atom is -0.341 e. The third-order valence-electron chi connectivity index (χ3n) is 5.46. The molecule has 3 aromatic rings. The van der Waals surface area contributed by atoms with Gasteiger partial charge in [-0.2, -0.15) is 0 Å². The first-order valence-electron chi connectivity index (χ1n) is 9.25. The zero-order valence-electron chi connectivity index (χ0n) is 15.0. The summed E-state index contributed by atoms with van der Waals surface area (Å²) in [4.78, 5) is 16.7. The zero-order chi connectivity index (χ0) is 17.7. The van der Waals surface area contributed by atoms with E-state index in [-0.39, 0.29) is 6.04 Å². The van der Waals surface area contributed by atoms with Gasteiger partial charge in [0.15, 0.2) is 22.5 Å². The Labute approximate surface area is 156 Å². The molecule has 134 valence electrons. The van der Waals surface area contributed by atoms with E-state index in [0.29, 0.717) is 11.9 Å². The third-order valence-corrected chi connectivity index (χ3v) is 6.23. The number of rotatable bonds is 3. The van der Waals surface area contributed by atoms with Crippen LogP contribution in [0.5, 0.6) is 0 Å². The Morgan fingerprint density at radius 3 is 2.81 bits per heavy atom. The van der Waals surface area contributed by atoms with Crippen molar-refractivity contribution in [2.24, 2.45) is 0 Å². The Hall–Kier alpha value is -2.35. The molecule has 1 atom stereocenters. The molecular formula is C18H21N7S. The Kier molecular flexibility index (Phi) is 3.74. The van der Waals surface area contributed by atoms with Gasteiger partial charge in [0.25, 0.3) is 0 Å². The van der Waals surface area contributed by atoms with E-state index in [9.17, 15) is 0 Å². The second-order valence-corrected chi connectivity index (χ2v) is 7.87. The molecule has 0 amide bonds. The van der Waals surface area contributed by atoms with Gasteiger partial charge >= 0.3 is 0 Å². The summed E-state index contributed by atoms with van der Waals surface area (Å²) in [5.41, 5.74) is 1.96. The van der Waals surface area contributed by atoms with E-state index in [1.54, 1.807) is 23.9 Å². The SMILES string of the molecule is CC[C@@H]1c2nncn2-c2c(C)nc(-c3nccs3)nc2N1C1CCCC1. The standard InChI is InChI=1S/C18H21N7S/c1-3-13-16-23-20-10-24(16)14-11(2)21-15(18-19-8-9-26-18)22-17(14)25(13)12-6-4-5-7-12/h8-10,12-13H,3-7H2,1-2H3/t13-/m1/s1. The van der Waals surface area contributed by atoms with E-state index in [1.165, 1.54) is 25.7 Å². The van der Waals surface area contributed by atoms with Crippen molar-refractivity contribution in [3.8, 4) is 16.5 Å². The van der Waals surface area contributed by atoms with Crippen molar-refractivity contribution in [2.45, 2.75) is 58.0 Å². The quantitative estimate of drug-likeness (QED) is 0.703. The Balaban J connectivity index is 1.75. The molecule has 0 unspecified atom stereocenters. The maximum absolute atomic E-state index is 5.01. The Bertz CT molecular complexity index is 927. The number of aromatic nitrogens is 6. The molecular weight excluding hydrogens is 346 g/mol. The van der Waals surface area contributed by atoms with Gasteiger partial charge in [-0.3, -0.25) is 4.57 Å². The molecule has 1 aliphatic heterocycles. The molecule has 2 aliphatic rings. The number of nitrogens with zero attached hydrogens (tertiary/aromatic N) is 7. The van der Waals surface area contributed by atoms with E-state index >= 15 is 0 Å². The van der Waals surface area contributed by atoms with Crippen LogP contribution in [-0.2, 0) is 0 Å². The van der Waals surface area contributed by atoms with Crippen molar-refractivity contribution in [1.29, 1.82) is 0 Å². The smallest absolute Gasteiger partial charge is 0.191 e. The minimum absolute atomic E-state index is 0.201. The summed E-state index contributed by atoms with van der Waals surface area (Å²) in [6.45, 7) is 4.26. The molecule has 5 rings (SSSR count). The van der Waals surface area contributed by atoms with Crippen LogP contribution in [0.15, 0.2) is 17.9 Å². The number of fused-ring (bicyclic) bond motifs is 3. The van der Waals surface area contributed by atoms with Crippen LogP contribution < -0.4 is 4.90 Å². The van der Waals surface area contributed by atoms with Gasteiger partial charge in [0, 0.05) is 17.6 Å². The predicted octanol–water partition coefficient (Wildman–Crippen LogP) is 3.70. The fourth-order valence-electron chi connectivity index (χ4n) is 4.35. The van der Waals surface area contributed by atoms with Crippen LogP contribution >= 0.6 is 11.3 Å². The van der Waals surface area contributed by atoms with Gasteiger partial charge < -0.3 is 4.90 Å². The molecule has 0 saturated heterocycles. The molecule has 0 bridgehead atoms. The van der Waals surface area contributed by atoms with Gasteiger partial charge in [-0.15, -0.1) is 21.5 Å². The molecule has 0 aromatic carbocycles. The van der Waals surface area contributed by atoms with Gasteiger partial charge in [-0.05, 0) is 26.2 Å². The normalized spacial score (nSPS) is 19.6. The summed E-state index contributed by atoms with van der Waals surface area (Å²) in [5, 5.41) is 11.5. The van der Waals surface area contributed by atoms with E-state index in [2.05, 4.69) is 31.6 Å². The van der Waals surface area contributed by atoms with Crippen LogP contribution in [0.4, 0.5) is 5.82 Å². The lowest BCUT2D eigenvalue weighted by atomic mass is 10.0. The van der Waals surface area contributed by atoms with Gasteiger partial charge in [0.05, 0.1) is 11.7 Å². The van der Waals surface area contributed by atoms with E-state index in [4.69, 9.17) is 9.97 Å². The molecule has 0 radical (unpaired) electrons. The van der Waals surface area contributed by atoms with Crippen LogP contribution in [0.2, 0.25) is 0 Å². The molecule has 0 N–H and O–H groups in total. The number of hydrogen-bond acceptors (Lipinski definition) is 7. The van der Waals surface area contributed by atoms with E-state index < -0.39 is 0 Å². The van der Waals surface area contributed by atoms with Crippen molar-refractivity contribution >= 4 is 17.2 Å². The predicted molar refractivity (Wildman–Crippen MR) is 101 cm³/mol. The average molecular weight is 367 g/mol. The molecule has 0 spiro atoms. The lowest BCUT2D eigenvalue weighted by Gasteiger charge is -2.41. The van der Waals surface area contributed by atoms with Gasteiger partial charge in [-0.1, -0.05) is 19.8 Å². The van der Waals surface area contributed by atoms with Crippen molar-refractivity contribution in [2.75, 3.05) is 4.90 Å². The van der Waals surface area contributed by atoms with Crippen LogP contribution in [0.1, 0.15) is 56.6 Å². The first kappa shape index (κ1) is 15.9. The Morgan fingerprint density at radius 1 is 1.23 bits per heavy atom. The van der Waals surface area contributed by atoms with Gasteiger partial charge in [-0.25, -0.2) is 15.0 Å². The van der Waals surface area contributed by atoms with Crippen molar-refractivity contribution in [1.82, 2.24) is 29.7 Å². The Morgan fingerprint density at radius 2 is 2.08 bits per heavy atom. The summed E-state index contributed by atoms with van der Waals surface area (Å²) in [6.07, 6.45) is 9.55. The molecule has 3 aromatic heterocycles.